The molecule has 0 fully saturated rings. The Morgan fingerprint density at radius 3 is 2.48 bits per heavy atom. The minimum Gasteiger partial charge on any atom is -0.298 e. The average Bonchev–Trinajstić information content (AvgIpc) is 3.10. The van der Waals surface area contributed by atoms with E-state index in [2.05, 4.69) is 62.3 Å². The fourth-order valence-electron chi connectivity index (χ4n) is 2.65. The van der Waals surface area contributed by atoms with Gasteiger partial charge in [-0.05, 0) is 29.7 Å². The Morgan fingerprint density at radius 1 is 1.07 bits per heavy atom. The number of rotatable bonds is 6. The highest BCUT2D eigenvalue weighted by atomic mass is 32.2. The molecule has 3 aromatic rings. The number of carbonyl (C=O) groups is 1. The molecule has 140 valence electrons. The van der Waals surface area contributed by atoms with E-state index in [9.17, 15) is 4.79 Å². The molecule has 0 radical (unpaired) electrons. The van der Waals surface area contributed by atoms with Crippen molar-refractivity contribution < 1.29 is 4.79 Å². The van der Waals surface area contributed by atoms with Crippen molar-refractivity contribution in [2.45, 2.75) is 43.8 Å². The van der Waals surface area contributed by atoms with Crippen molar-refractivity contribution in [3.05, 3.63) is 65.0 Å². The van der Waals surface area contributed by atoms with E-state index in [0.29, 0.717) is 21.9 Å². The van der Waals surface area contributed by atoms with Gasteiger partial charge in [0, 0.05) is 26.7 Å². The Balaban J connectivity index is 1.71. The van der Waals surface area contributed by atoms with Crippen LogP contribution in [0.3, 0.4) is 0 Å². The first-order chi connectivity index (χ1) is 12.9. The van der Waals surface area contributed by atoms with Gasteiger partial charge in [0.2, 0.25) is 0 Å². The minimum atomic E-state index is -0.128. The molecule has 0 saturated carbocycles. The molecule has 2 aromatic carbocycles. The number of benzene rings is 2. The van der Waals surface area contributed by atoms with E-state index in [-0.39, 0.29) is 5.91 Å². The average molecular weight is 397 g/mol. The molecular weight excluding hydrogens is 372 g/mol. The third-order valence-electron chi connectivity index (χ3n) is 4.07. The predicted molar refractivity (Wildman–Crippen MR) is 117 cm³/mol. The minimum absolute atomic E-state index is 0.128. The highest BCUT2D eigenvalue weighted by Crippen LogP contribution is 2.27. The zero-order valence-corrected chi connectivity index (χ0v) is 17.7. The Bertz CT molecular complexity index is 914. The van der Waals surface area contributed by atoms with Crippen LogP contribution in [0.2, 0.25) is 0 Å². The van der Waals surface area contributed by atoms with E-state index >= 15 is 0 Å². The van der Waals surface area contributed by atoms with Gasteiger partial charge in [0.15, 0.2) is 5.13 Å². The molecule has 1 aromatic heterocycles. The first-order valence-electron chi connectivity index (χ1n) is 9.06. The second-order valence-corrected chi connectivity index (χ2v) is 9.47. The fraction of sp³-hybridized carbons (Fsp3) is 0.273. The summed E-state index contributed by atoms with van der Waals surface area (Å²) in [6.45, 7) is 8.64. The molecule has 1 N–H and O–H groups in total. The van der Waals surface area contributed by atoms with E-state index in [1.165, 1.54) is 16.9 Å². The van der Waals surface area contributed by atoms with E-state index in [1.807, 2.05) is 29.6 Å². The monoisotopic (exact) mass is 396 g/mol. The zero-order chi connectivity index (χ0) is 19.4. The molecule has 0 aliphatic heterocycles. The summed E-state index contributed by atoms with van der Waals surface area (Å²) in [5.74, 6) is 0.381. The van der Waals surface area contributed by atoms with Crippen LogP contribution in [0.25, 0.3) is 11.3 Å². The van der Waals surface area contributed by atoms with Crippen molar-refractivity contribution in [1.82, 2.24) is 4.98 Å². The maximum atomic E-state index is 12.6. The summed E-state index contributed by atoms with van der Waals surface area (Å²) in [4.78, 5) is 18.2. The fourth-order valence-corrected chi connectivity index (χ4v) is 4.27. The molecule has 0 saturated heterocycles. The molecule has 0 aliphatic carbocycles. The number of thioether (sulfide) groups is 1. The van der Waals surface area contributed by atoms with Crippen LogP contribution in [0.15, 0.2) is 58.8 Å². The van der Waals surface area contributed by atoms with Gasteiger partial charge in [-0.15, -0.1) is 23.1 Å². The van der Waals surface area contributed by atoms with Crippen molar-refractivity contribution >= 4 is 34.1 Å². The largest absolute Gasteiger partial charge is 0.298 e. The zero-order valence-electron chi connectivity index (χ0n) is 16.0. The van der Waals surface area contributed by atoms with E-state index in [0.717, 1.165) is 16.2 Å². The third-order valence-corrected chi connectivity index (χ3v) is 5.82. The number of thiazole rings is 1. The molecular formula is C22H24N2OS2. The van der Waals surface area contributed by atoms with Gasteiger partial charge in [-0.1, -0.05) is 58.0 Å². The van der Waals surface area contributed by atoms with Crippen molar-refractivity contribution in [1.29, 1.82) is 0 Å². The highest BCUT2D eigenvalue weighted by molar-refractivity contribution is 7.99. The number of nitrogens with one attached hydrogen (secondary N) is 1. The van der Waals surface area contributed by atoms with Gasteiger partial charge in [0.25, 0.3) is 5.91 Å². The summed E-state index contributed by atoms with van der Waals surface area (Å²) in [5.41, 5.74) is 3.90. The van der Waals surface area contributed by atoms with E-state index in [4.69, 9.17) is 0 Å². The summed E-state index contributed by atoms with van der Waals surface area (Å²) in [6.07, 6.45) is 0. The quantitative estimate of drug-likeness (QED) is 0.472. The Kier molecular flexibility index (Phi) is 6.34. The first kappa shape index (κ1) is 19.6. The van der Waals surface area contributed by atoms with E-state index in [1.54, 1.807) is 11.8 Å². The number of anilines is 1. The Morgan fingerprint density at radius 2 is 1.81 bits per heavy atom. The SMILES string of the molecule is CC(C)Sc1cccc(C(=O)Nc2nc(-c3ccc(C(C)C)cc3)cs2)c1. The third kappa shape index (κ3) is 5.21. The molecule has 0 spiro atoms. The van der Waals surface area contributed by atoms with Crippen molar-refractivity contribution in [3.63, 3.8) is 0 Å². The summed E-state index contributed by atoms with van der Waals surface area (Å²) in [6, 6.07) is 16.2. The molecule has 0 aliphatic rings. The lowest BCUT2D eigenvalue weighted by Crippen LogP contribution is -2.11. The number of aromatic nitrogens is 1. The van der Waals surface area contributed by atoms with Gasteiger partial charge in [-0.3, -0.25) is 10.1 Å². The van der Waals surface area contributed by atoms with E-state index < -0.39 is 0 Å². The standard InChI is InChI=1S/C22H24N2OS2/c1-14(2)16-8-10-17(11-9-16)20-13-26-22(23-20)24-21(25)18-6-5-7-19(12-18)27-15(3)4/h5-15H,1-4H3,(H,23,24,25). The Labute approximate surface area is 169 Å². The van der Waals surface area contributed by atoms with Gasteiger partial charge < -0.3 is 0 Å². The molecule has 0 unspecified atom stereocenters. The first-order valence-corrected chi connectivity index (χ1v) is 10.8. The molecule has 3 rings (SSSR count). The molecule has 1 heterocycles. The molecule has 27 heavy (non-hydrogen) atoms. The van der Waals surface area contributed by atoms with Crippen LogP contribution in [-0.4, -0.2) is 16.1 Å². The molecule has 0 bridgehead atoms. The lowest BCUT2D eigenvalue weighted by Gasteiger charge is -2.07. The lowest BCUT2D eigenvalue weighted by molar-refractivity contribution is 0.102. The van der Waals surface area contributed by atoms with Crippen LogP contribution in [-0.2, 0) is 0 Å². The van der Waals surface area contributed by atoms with Crippen molar-refractivity contribution in [2.75, 3.05) is 5.32 Å². The lowest BCUT2D eigenvalue weighted by atomic mass is 10.0. The highest BCUT2D eigenvalue weighted by Gasteiger charge is 2.11. The number of carbonyl (C=O) groups excluding carboxylic acids is 1. The number of hydrogen-bond acceptors (Lipinski definition) is 4. The maximum absolute atomic E-state index is 12.6. The molecule has 0 atom stereocenters. The number of amides is 1. The molecule has 5 heteroatoms. The number of nitrogens with zero attached hydrogens (tertiary/aromatic N) is 1. The second-order valence-electron chi connectivity index (χ2n) is 6.96. The van der Waals surface area contributed by atoms with Gasteiger partial charge in [0.1, 0.15) is 0 Å². The van der Waals surface area contributed by atoms with Crippen LogP contribution in [0.1, 0.15) is 49.5 Å². The smallest absolute Gasteiger partial charge is 0.257 e. The van der Waals surface area contributed by atoms with Crippen LogP contribution < -0.4 is 5.32 Å². The van der Waals surface area contributed by atoms with Crippen LogP contribution in [0.4, 0.5) is 5.13 Å². The van der Waals surface area contributed by atoms with Crippen LogP contribution in [0, 0.1) is 0 Å². The maximum Gasteiger partial charge on any atom is 0.257 e. The topological polar surface area (TPSA) is 42.0 Å². The van der Waals surface area contributed by atoms with Gasteiger partial charge in [-0.25, -0.2) is 4.98 Å². The van der Waals surface area contributed by atoms with Crippen LogP contribution in [0.5, 0.6) is 0 Å². The summed E-state index contributed by atoms with van der Waals surface area (Å²) < 4.78 is 0. The molecule has 3 nitrogen and oxygen atoms in total. The summed E-state index contributed by atoms with van der Waals surface area (Å²) >= 11 is 3.19. The predicted octanol–water partition coefficient (Wildman–Crippen LogP) is 6.69. The molecule has 1 amide bonds. The van der Waals surface area contributed by atoms with Crippen molar-refractivity contribution in [3.8, 4) is 11.3 Å². The van der Waals surface area contributed by atoms with Crippen molar-refractivity contribution in [2.24, 2.45) is 0 Å². The Hall–Kier alpha value is -2.11. The second kappa shape index (κ2) is 8.72. The van der Waals surface area contributed by atoms with Gasteiger partial charge in [0.05, 0.1) is 5.69 Å². The summed E-state index contributed by atoms with van der Waals surface area (Å²) in [7, 11) is 0. The van der Waals surface area contributed by atoms with Gasteiger partial charge in [-0.2, -0.15) is 0 Å². The van der Waals surface area contributed by atoms with Crippen LogP contribution >= 0.6 is 23.1 Å². The summed E-state index contributed by atoms with van der Waals surface area (Å²) in [5, 5.41) is 5.99. The van der Waals surface area contributed by atoms with Gasteiger partial charge >= 0.3 is 0 Å². The number of hydrogen-bond donors (Lipinski definition) is 1. The normalized spacial score (nSPS) is 11.2.